The molecule has 5 nitrogen and oxygen atoms in total. The van der Waals surface area contributed by atoms with Crippen molar-refractivity contribution in [3.8, 4) is 0 Å². The van der Waals surface area contributed by atoms with E-state index in [1.807, 2.05) is 6.92 Å². The Balaban J connectivity index is 2.26. The second-order valence-electron chi connectivity index (χ2n) is 5.01. The van der Waals surface area contributed by atoms with Crippen LogP contribution in [-0.4, -0.2) is 44.1 Å². The third-order valence-corrected chi connectivity index (χ3v) is 5.57. The number of nitrogens with zero attached hydrogens (tertiary/aromatic N) is 1. The van der Waals surface area contributed by atoms with Gasteiger partial charge in [0.25, 0.3) is 0 Å². The first-order valence-electron chi connectivity index (χ1n) is 6.80. The lowest BCUT2D eigenvalue weighted by Gasteiger charge is -2.17. The van der Waals surface area contributed by atoms with E-state index in [9.17, 15) is 13.5 Å². The lowest BCUT2D eigenvalue weighted by molar-refractivity contribution is 0.115. The summed E-state index contributed by atoms with van der Waals surface area (Å²) >= 11 is 0. The number of methoxy groups -OCH3 is 1. The SMILES string of the molecule is CCC(O)c1cccc(S(=O)(=O)N2CCC(OC)C2)c1. The van der Waals surface area contributed by atoms with Crippen molar-refractivity contribution in [3.05, 3.63) is 29.8 Å². The molecule has 0 aromatic heterocycles. The maximum Gasteiger partial charge on any atom is 0.243 e. The first-order valence-corrected chi connectivity index (χ1v) is 8.24. The van der Waals surface area contributed by atoms with Crippen LogP contribution in [0.4, 0.5) is 0 Å². The van der Waals surface area contributed by atoms with Gasteiger partial charge in [-0.05, 0) is 30.5 Å². The first-order chi connectivity index (χ1) is 9.48. The Morgan fingerprint density at radius 1 is 1.50 bits per heavy atom. The number of hydrogen-bond acceptors (Lipinski definition) is 4. The van der Waals surface area contributed by atoms with Crippen molar-refractivity contribution in [1.29, 1.82) is 0 Å². The van der Waals surface area contributed by atoms with E-state index in [2.05, 4.69) is 0 Å². The fourth-order valence-electron chi connectivity index (χ4n) is 2.38. The molecule has 1 N–H and O–H groups in total. The Labute approximate surface area is 120 Å². The van der Waals surface area contributed by atoms with Crippen molar-refractivity contribution in [3.63, 3.8) is 0 Å². The highest BCUT2D eigenvalue weighted by molar-refractivity contribution is 7.89. The molecule has 0 aliphatic carbocycles. The van der Waals surface area contributed by atoms with Crippen LogP contribution in [0.25, 0.3) is 0 Å². The molecule has 1 aromatic rings. The lowest BCUT2D eigenvalue weighted by atomic mass is 10.1. The number of ether oxygens (including phenoxy) is 1. The van der Waals surface area contributed by atoms with Gasteiger partial charge in [0.2, 0.25) is 10.0 Å². The van der Waals surface area contributed by atoms with Crippen LogP contribution in [0.15, 0.2) is 29.2 Å². The van der Waals surface area contributed by atoms with E-state index in [1.165, 1.54) is 4.31 Å². The topological polar surface area (TPSA) is 66.8 Å². The number of rotatable bonds is 5. The molecule has 2 atom stereocenters. The van der Waals surface area contributed by atoms with Crippen LogP contribution >= 0.6 is 0 Å². The third kappa shape index (κ3) is 3.03. The van der Waals surface area contributed by atoms with Crippen LogP contribution in [-0.2, 0) is 14.8 Å². The fourth-order valence-corrected chi connectivity index (χ4v) is 3.92. The molecule has 1 aliphatic heterocycles. The monoisotopic (exact) mass is 299 g/mol. The van der Waals surface area contributed by atoms with Gasteiger partial charge in [-0.3, -0.25) is 0 Å². The van der Waals surface area contributed by atoms with Crippen LogP contribution < -0.4 is 0 Å². The van der Waals surface area contributed by atoms with E-state index < -0.39 is 16.1 Å². The van der Waals surface area contributed by atoms with Gasteiger partial charge in [0.05, 0.1) is 17.1 Å². The fraction of sp³-hybridized carbons (Fsp3) is 0.571. The van der Waals surface area contributed by atoms with Crippen LogP contribution in [0, 0.1) is 0 Å². The molecule has 2 unspecified atom stereocenters. The second-order valence-corrected chi connectivity index (χ2v) is 6.94. The Kier molecular flexibility index (Phi) is 4.80. The molecule has 112 valence electrons. The summed E-state index contributed by atoms with van der Waals surface area (Å²) in [5.74, 6) is 0. The molecule has 1 aromatic carbocycles. The molecule has 1 fully saturated rings. The van der Waals surface area contributed by atoms with Crippen LogP contribution in [0.2, 0.25) is 0 Å². The minimum Gasteiger partial charge on any atom is -0.388 e. The van der Waals surface area contributed by atoms with E-state index in [0.29, 0.717) is 31.5 Å². The summed E-state index contributed by atoms with van der Waals surface area (Å²) in [6.45, 7) is 2.72. The Morgan fingerprint density at radius 2 is 2.25 bits per heavy atom. The van der Waals surface area contributed by atoms with Crippen LogP contribution in [0.1, 0.15) is 31.4 Å². The van der Waals surface area contributed by atoms with Crippen molar-refractivity contribution in [2.45, 2.75) is 36.9 Å². The molecule has 0 radical (unpaired) electrons. The van der Waals surface area contributed by atoms with Gasteiger partial charge in [0, 0.05) is 20.2 Å². The van der Waals surface area contributed by atoms with Crippen molar-refractivity contribution < 1.29 is 18.3 Å². The molecule has 6 heteroatoms. The molecule has 1 saturated heterocycles. The zero-order chi connectivity index (χ0) is 14.8. The normalized spacial score (nSPS) is 22.1. The zero-order valence-corrected chi connectivity index (χ0v) is 12.6. The quantitative estimate of drug-likeness (QED) is 0.895. The van der Waals surface area contributed by atoms with Crippen LogP contribution in [0.3, 0.4) is 0 Å². The molecule has 0 saturated carbocycles. The molecular formula is C14H21NO4S. The van der Waals surface area contributed by atoms with Gasteiger partial charge >= 0.3 is 0 Å². The zero-order valence-electron chi connectivity index (χ0n) is 11.8. The van der Waals surface area contributed by atoms with E-state index in [-0.39, 0.29) is 11.0 Å². The molecular weight excluding hydrogens is 278 g/mol. The van der Waals surface area contributed by atoms with Gasteiger partial charge in [-0.1, -0.05) is 19.1 Å². The molecule has 0 amide bonds. The van der Waals surface area contributed by atoms with Crippen molar-refractivity contribution in [2.24, 2.45) is 0 Å². The number of sulfonamides is 1. The van der Waals surface area contributed by atoms with E-state index >= 15 is 0 Å². The summed E-state index contributed by atoms with van der Waals surface area (Å²) in [5, 5.41) is 9.84. The number of aliphatic hydroxyl groups is 1. The number of hydrogen-bond donors (Lipinski definition) is 1. The lowest BCUT2D eigenvalue weighted by Crippen LogP contribution is -2.30. The minimum absolute atomic E-state index is 0.0332. The summed E-state index contributed by atoms with van der Waals surface area (Å²) in [7, 11) is -1.91. The van der Waals surface area contributed by atoms with Crippen molar-refractivity contribution in [2.75, 3.05) is 20.2 Å². The highest BCUT2D eigenvalue weighted by Crippen LogP contribution is 2.25. The Bertz CT molecular complexity index is 558. The third-order valence-electron chi connectivity index (χ3n) is 3.71. The van der Waals surface area contributed by atoms with E-state index in [1.54, 1.807) is 31.4 Å². The summed E-state index contributed by atoms with van der Waals surface area (Å²) in [5.41, 5.74) is 0.635. The average Bonchev–Trinajstić information content (AvgIpc) is 2.96. The average molecular weight is 299 g/mol. The molecule has 2 rings (SSSR count). The highest BCUT2D eigenvalue weighted by Gasteiger charge is 2.32. The van der Waals surface area contributed by atoms with Crippen molar-refractivity contribution in [1.82, 2.24) is 4.31 Å². The molecule has 0 spiro atoms. The molecule has 20 heavy (non-hydrogen) atoms. The Morgan fingerprint density at radius 3 is 2.85 bits per heavy atom. The van der Waals surface area contributed by atoms with E-state index in [4.69, 9.17) is 4.74 Å². The largest absolute Gasteiger partial charge is 0.388 e. The summed E-state index contributed by atoms with van der Waals surface area (Å²) < 4.78 is 31.7. The molecule has 1 aliphatic rings. The van der Waals surface area contributed by atoms with Crippen molar-refractivity contribution >= 4 is 10.0 Å². The second kappa shape index (κ2) is 6.22. The minimum atomic E-state index is -3.50. The van der Waals surface area contributed by atoms with Gasteiger partial charge in [-0.15, -0.1) is 0 Å². The first kappa shape index (κ1) is 15.4. The van der Waals surface area contributed by atoms with Crippen LogP contribution in [0.5, 0.6) is 0 Å². The van der Waals surface area contributed by atoms with Gasteiger partial charge in [0.1, 0.15) is 0 Å². The van der Waals surface area contributed by atoms with Gasteiger partial charge < -0.3 is 9.84 Å². The molecule has 1 heterocycles. The predicted molar refractivity (Wildman–Crippen MR) is 75.9 cm³/mol. The van der Waals surface area contributed by atoms with Gasteiger partial charge in [0.15, 0.2) is 0 Å². The Hall–Kier alpha value is -0.950. The molecule has 0 bridgehead atoms. The number of benzene rings is 1. The summed E-state index contributed by atoms with van der Waals surface area (Å²) in [6, 6.07) is 6.55. The van der Waals surface area contributed by atoms with Gasteiger partial charge in [-0.2, -0.15) is 4.31 Å². The summed E-state index contributed by atoms with van der Waals surface area (Å²) in [4.78, 5) is 0.235. The summed E-state index contributed by atoms with van der Waals surface area (Å²) in [6.07, 6.45) is 0.607. The number of aliphatic hydroxyl groups excluding tert-OH is 1. The highest BCUT2D eigenvalue weighted by atomic mass is 32.2. The standard InChI is InChI=1S/C14H21NO4S/c1-3-14(16)11-5-4-6-13(9-11)20(17,18)15-8-7-12(10-15)19-2/h4-6,9,12,14,16H,3,7-8,10H2,1-2H3. The maximum atomic E-state index is 12.5. The predicted octanol–water partition coefficient (Wildman–Crippen LogP) is 1.54. The van der Waals surface area contributed by atoms with E-state index in [0.717, 1.165) is 0 Å². The van der Waals surface area contributed by atoms with Gasteiger partial charge in [-0.25, -0.2) is 8.42 Å². The smallest absolute Gasteiger partial charge is 0.243 e. The maximum absolute atomic E-state index is 12.5.